The maximum absolute atomic E-state index is 11.2. The van der Waals surface area contributed by atoms with Crippen LogP contribution in [0.25, 0.3) is 0 Å². The molecule has 15 heavy (non-hydrogen) atoms. The number of carbonyl (C=O) groups is 1. The molecule has 0 saturated carbocycles. The minimum absolute atomic E-state index is 0.332. The lowest BCUT2D eigenvalue weighted by molar-refractivity contribution is -0.144. The van der Waals surface area contributed by atoms with Crippen molar-refractivity contribution < 1.29 is 9.53 Å². The van der Waals surface area contributed by atoms with E-state index in [1.807, 2.05) is 12.1 Å². The van der Waals surface area contributed by atoms with Crippen LogP contribution < -0.4 is 5.73 Å². The SMILES string of the molecule is CCOC(=O)C(N)CCc1cccnc1. The summed E-state index contributed by atoms with van der Waals surface area (Å²) >= 11 is 0. The Balaban J connectivity index is 2.34. The topological polar surface area (TPSA) is 65.2 Å². The Labute approximate surface area is 89.5 Å². The van der Waals surface area contributed by atoms with Crippen molar-refractivity contribution in [3.8, 4) is 0 Å². The first-order valence-corrected chi connectivity index (χ1v) is 5.05. The third-order valence-corrected chi connectivity index (χ3v) is 2.06. The fourth-order valence-electron chi connectivity index (χ4n) is 1.24. The van der Waals surface area contributed by atoms with Gasteiger partial charge in [0.15, 0.2) is 0 Å². The minimum atomic E-state index is -0.537. The van der Waals surface area contributed by atoms with E-state index in [4.69, 9.17) is 10.5 Å². The van der Waals surface area contributed by atoms with Gasteiger partial charge in [0.1, 0.15) is 6.04 Å². The van der Waals surface area contributed by atoms with Gasteiger partial charge in [-0.2, -0.15) is 0 Å². The number of nitrogens with zero attached hydrogens (tertiary/aromatic N) is 1. The second-order valence-electron chi connectivity index (χ2n) is 3.26. The Morgan fingerprint density at radius 2 is 2.47 bits per heavy atom. The monoisotopic (exact) mass is 208 g/mol. The second kappa shape index (κ2) is 6.14. The van der Waals surface area contributed by atoms with Crippen LogP contribution in [0.5, 0.6) is 0 Å². The van der Waals surface area contributed by atoms with Crippen LogP contribution in [0.15, 0.2) is 24.5 Å². The lowest BCUT2D eigenvalue weighted by Crippen LogP contribution is -2.32. The van der Waals surface area contributed by atoms with Crippen LogP contribution in [0.4, 0.5) is 0 Å². The Bertz CT molecular complexity index is 301. The summed E-state index contributed by atoms with van der Waals surface area (Å²) in [5.74, 6) is -0.332. The van der Waals surface area contributed by atoms with Gasteiger partial charge in [0.25, 0.3) is 0 Å². The average molecular weight is 208 g/mol. The molecule has 0 aromatic carbocycles. The van der Waals surface area contributed by atoms with Gasteiger partial charge in [-0.15, -0.1) is 0 Å². The van der Waals surface area contributed by atoms with Gasteiger partial charge in [0.2, 0.25) is 0 Å². The molecule has 0 aliphatic heterocycles. The van der Waals surface area contributed by atoms with Crippen LogP contribution in [0.3, 0.4) is 0 Å². The van der Waals surface area contributed by atoms with Crippen LogP contribution in [0.2, 0.25) is 0 Å². The van der Waals surface area contributed by atoms with Gasteiger partial charge in [-0.05, 0) is 31.4 Å². The molecule has 1 unspecified atom stereocenters. The largest absolute Gasteiger partial charge is 0.465 e. The molecular weight excluding hydrogens is 192 g/mol. The van der Waals surface area contributed by atoms with Crippen LogP contribution in [-0.4, -0.2) is 23.6 Å². The zero-order valence-corrected chi connectivity index (χ0v) is 8.85. The molecule has 4 nitrogen and oxygen atoms in total. The molecule has 0 spiro atoms. The molecule has 2 N–H and O–H groups in total. The maximum Gasteiger partial charge on any atom is 0.322 e. The molecule has 1 aromatic heterocycles. The summed E-state index contributed by atoms with van der Waals surface area (Å²) in [5, 5.41) is 0. The minimum Gasteiger partial charge on any atom is -0.465 e. The van der Waals surface area contributed by atoms with Crippen LogP contribution in [-0.2, 0) is 16.0 Å². The van der Waals surface area contributed by atoms with Gasteiger partial charge in [-0.25, -0.2) is 0 Å². The Kier molecular flexibility index (Phi) is 4.77. The van der Waals surface area contributed by atoms with Crippen molar-refractivity contribution in [2.45, 2.75) is 25.8 Å². The van der Waals surface area contributed by atoms with E-state index in [1.54, 1.807) is 19.3 Å². The number of rotatable bonds is 5. The first kappa shape index (κ1) is 11.7. The molecule has 0 saturated heterocycles. The van der Waals surface area contributed by atoms with Gasteiger partial charge >= 0.3 is 5.97 Å². The summed E-state index contributed by atoms with van der Waals surface area (Å²) in [7, 11) is 0. The van der Waals surface area contributed by atoms with Gasteiger partial charge in [-0.1, -0.05) is 6.07 Å². The first-order valence-electron chi connectivity index (χ1n) is 5.05. The average Bonchev–Trinajstić information content (AvgIpc) is 2.27. The lowest BCUT2D eigenvalue weighted by Gasteiger charge is -2.09. The number of aryl methyl sites for hydroxylation is 1. The van der Waals surface area contributed by atoms with Crippen molar-refractivity contribution in [3.05, 3.63) is 30.1 Å². The van der Waals surface area contributed by atoms with E-state index in [-0.39, 0.29) is 5.97 Å². The van der Waals surface area contributed by atoms with E-state index in [9.17, 15) is 4.79 Å². The third-order valence-electron chi connectivity index (χ3n) is 2.06. The fourth-order valence-corrected chi connectivity index (χ4v) is 1.24. The summed E-state index contributed by atoms with van der Waals surface area (Å²) in [5.41, 5.74) is 6.74. The summed E-state index contributed by atoms with van der Waals surface area (Å²) in [4.78, 5) is 15.2. The highest BCUT2D eigenvalue weighted by Crippen LogP contribution is 2.03. The number of hydrogen-bond donors (Lipinski definition) is 1. The molecule has 0 amide bonds. The highest BCUT2D eigenvalue weighted by atomic mass is 16.5. The molecule has 0 aliphatic carbocycles. The smallest absolute Gasteiger partial charge is 0.322 e. The summed E-state index contributed by atoms with van der Waals surface area (Å²) < 4.78 is 4.81. The number of esters is 1. The van der Waals surface area contributed by atoms with Gasteiger partial charge in [0, 0.05) is 12.4 Å². The van der Waals surface area contributed by atoms with Crippen LogP contribution in [0, 0.1) is 0 Å². The quantitative estimate of drug-likeness (QED) is 0.730. The van der Waals surface area contributed by atoms with Crippen molar-refractivity contribution in [2.24, 2.45) is 5.73 Å². The number of pyridine rings is 1. The summed E-state index contributed by atoms with van der Waals surface area (Å²) in [6.45, 7) is 2.14. The highest BCUT2D eigenvalue weighted by molar-refractivity contribution is 5.75. The molecule has 1 atom stereocenters. The molecule has 1 aromatic rings. The van der Waals surface area contributed by atoms with E-state index in [0.29, 0.717) is 13.0 Å². The standard InChI is InChI=1S/C11H16N2O2/c1-2-15-11(14)10(12)6-5-9-4-3-7-13-8-9/h3-4,7-8,10H,2,5-6,12H2,1H3. The zero-order valence-electron chi connectivity index (χ0n) is 8.85. The predicted octanol–water partition coefficient (Wildman–Crippen LogP) is 0.905. The van der Waals surface area contributed by atoms with Gasteiger partial charge < -0.3 is 10.5 Å². The highest BCUT2D eigenvalue weighted by Gasteiger charge is 2.13. The molecule has 0 fully saturated rings. The van der Waals surface area contributed by atoms with E-state index >= 15 is 0 Å². The summed E-state index contributed by atoms with van der Waals surface area (Å²) in [6, 6.07) is 3.29. The summed E-state index contributed by atoms with van der Waals surface area (Å²) in [6.07, 6.45) is 4.82. The molecule has 0 aliphatic rings. The Morgan fingerprint density at radius 1 is 1.67 bits per heavy atom. The molecule has 0 radical (unpaired) electrons. The normalized spacial score (nSPS) is 12.1. The van der Waals surface area contributed by atoms with E-state index in [1.165, 1.54) is 0 Å². The van der Waals surface area contributed by atoms with Crippen molar-refractivity contribution in [2.75, 3.05) is 6.61 Å². The molecular formula is C11H16N2O2. The maximum atomic E-state index is 11.2. The van der Waals surface area contributed by atoms with Crippen LogP contribution >= 0.6 is 0 Å². The lowest BCUT2D eigenvalue weighted by atomic mass is 10.1. The number of nitrogens with two attached hydrogens (primary N) is 1. The molecule has 0 bridgehead atoms. The van der Waals surface area contributed by atoms with Crippen LogP contribution in [0.1, 0.15) is 18.9 Å². The van der Waals surface area contributed by atoms with Crippen molar-refractivity contribution in [1.82, 2.24) is 4.98 Å². The van der Waals surface area contributed by atoms with Gasteiger partial charge in [-0.3, -0.25) is 9.78 Å². The van der Waals surface area contributed by atoms with Gasteiger partial charge in [0.05, 0.1) is 6.61 Å². The Morgan fingerprint density at radius 3 is 3.07 bits per heavy atom. The molecule has 4 heteroatoms. The van der Waals surface area contributed by atoms with E-state index < -0.39 is 6.04 Å². The third kappa shape index (κ3) is 4.08. The predicted molar refractivity (Wildman–Crippen MR) is 57.2 cm³/mol. The molecule has 82 valence electrons. The number of aromatic nitrogens is 1. The first-order chi connectivity index (χ1) is 7.24. The van der Waals surface area contributed by atoms with Crippen molar-refractivity contribution >= 4 is 5.97 Å². The number of hydrogen-bond acceptors (Lipinski definition) is 4. The van der Waals surface area contributed by atoms with Crippen molar-refractivity contribution in [3.63, 3.8) is 0 Å². The Hall–Kier alpha value is -1.42. The molecule has 1 heterocycles. The number of carbonyl (C=O) groups excluding carboxylic acids is 1. The number of ether oxygens (including phenoxy) is 1. The zero-order chi connectivity index (χ0) is 11.1. The fraction of sp³-hybridized carbons (Fsp3) is 0.455. The van der Waals surface area contributed by atoms with E-state index in [2.05, 4.69) is 4.98 Å². The molecule has 1 rings (SSSR count). The second-order valence-corrected chi connectivity index (χ2v) is 3.26. The van der Waals surface area contributed by atoms with Crippen molar-refractivity contribution in [1.29, 1.82) is 0 Å². The van der Waals surface area contributed by atoms with E-state index in [0.717, 1.165) is 12.0 Å².